The lowest BCUT2D eigenvalue weighted by atomic mass is 10.0. The van der Waals surface area contributed by atoms with Gasteiger partial charge in [-0.2, -0.15) is 13.2 Å². The quantitative estimate of drug-likeness (QED) is 0.790. The maximum absolute atomic E-state index is 13.2. The van der Waals surface area contributed by atoms with Crippen LogP contribution >= 0.6 is 11.6 Å². The van der Waals surface area contributed by atoms with Gasteiger partial charge in [-0.1, -0.05) is 13.0 Å². The molecular weight excluding hydrogens is 317 g/mol. The minimum Gasteiger partial charge on any atom is -0.301 e. The summed E-state index contributed by atoms with van der Waals surface area (Å²) in [6.07, 6.45) is -4.50. The normalized spacial score (nSPS) is 17.7. The van der Waals surface area contributed by atoms with Gasteiger partial charge in [-0.3, -0.25) is 9.69 Å². The highest BCUT2D eigenvalue weighted by atomic mass is 35.5. The van der Waals surface area contributed by atoms with Crippen molar-refractivity contribution in [2.45, 2.75) is 19.6 Å². The zero-order valence-corrected chi connectivity index (χ0v) is 13.0. The number of benzene rings is 1. The highest BCUT2D eigenvalue weighted by Crippen LogP contribution is 2.33. The molecule has 7 heteroatoms. The molecule has 1 heterocycles. The summed E-state index contributed by atoms with van der Waals surface area (Å²) in [5, 5.41) is -0.881. The summed E-state index contributed by atoms with van der Waals surface area (Å²) in [6, 6.07) is 3.54. The molecule has 0 aliphatic carbocycles. The second-order valence-corrected chi connectivity index (χ2v) is 5.70. The van der Waals surface area contributed by atoms with Crippen LogP contribution in [0.1, 0.15) is 28.4 Å². The van der Waals surface area contributed by atoms with Gasteiger partial charge in [0.05, 0.1) is 5.56 Å². The van der Waals surface area contributed by atoms with Crippen molar-refractivity contribution in [3.8, 4) is 0 Å². The molecular formula is C15H18ClF3N2O. The summed E-state index contributed by atoms with van der Waals surface area (Å²) in [5.74, 6) is 0. The minimum atomic E-state index is -4.50. The van der Waals surface area contributed by atoms with Gasteiger partial charge in [0.2, 0.25) is 0 Å². The highest BCUT2D eigenvalue weighted by molar-refractivity contribution is 6.67. The van der Waals surface area contributed by atoms with Crippen molar-refractivity contribution < 1.29 is 18.0 Å². The molecule has 3 nitrogen and oxygen atoms in total. The van der Waals surface area contributed by atoms with E-state index in [9.17, 15) is 18.0 Å². The molecule has 1 saturated heterocycles. The largest absolute Gasteiger partial charge is 0.416 e. The Labute approximate surface area is 132 Å². The van der Waals surface area contributed by atoms with Gasteiger partial charge < -0.3 is 4.90 Å². The fraction of sp³-hybridized carbons (Fsp3) is 0.533. The van der Waals surface area contributed by atoms with Crippen LogP contribution in [0.15, 0.2) is 18.2 Å². The monoisotopic (exact) mass is 334 g/mol. The molecule has 122 valence electrons. The predicted octanol–water partition coefficient (Wildman–Crippen LogP) is 3.22. The van der Waals surface area contributed by atoms with Gasteiger partial charge >= 0.3 is 6.18 Å². The molecule has 0 bridgehead atoms. The summed E-state index contributed by atoms with van der Waals surface area (Å²) in [5.41, 5.74) is -0.732. The Bertz CT molecular complexity index is 540. The molecule has 1 aromatic carbocycles. The Morgan fingerprint density at radius 2 is 1.77 bits per heavy atom. The van der Waals surface area contributed by atoms with Gasteiger partial charge in [-0.15, -0.1) is 0 Å². The Morgan fingerprint density at radius 3 is 2.27 bits per heavy atom. The minimum absolute atomic E-state index is 0.131. The molecule has 0 unspecified atom stereocenters. The van der Waals surface area contributed by atoms with Gasteiger partial charge in [0, 0.05) is 38.3 Å². The first-order valence-electron chi connectivity index (χ1n) is 7.16. The second-order valence-electron chi connectivity index (χ2n) is 5.35. The van der Waals surface area contributed by atoms with Crippen molar-refractivity contribution >= 4 is 16.8 Å². The fourth-order valence-electron chi connectivity index (χ4n) is 2.61. The van der Waals surface area contributed by atoms with E-state index in [0.717, 1.165) is 38.8 Å². The van der Waals surface area contributed by atoms with Gasteiger partial charge in [0.15, 0.2) is 0 Å². The van der Waals surface area contributed by atoms with E-state index in [1.165, 1.54) is 12.1 Å². The standard InChI is InChI=1S/C15H18ClF3N2O/c1-2-20-5-7-21(8-6-20)10-12-4-3-11(14(16)22)9-13(12)15(17,18)19/h3-4,9H,2,5-8,10H2,1H3. The summed E-state index contributed by atoms with van der Waals surface area (Å²) in [4.78, 5) is 15.3. The van der Waals surface area contributed by atoms with Gasteiger partial charge in [0.25, 0.3) is 5.24 Å². The predicted molar refractivity (Wildman–Crippen MR) is 79.0 cm³/mol. The first-order valence-corrected chi connectivity index (χ1v) is 7.53. The number of piperazine rings is 1. The number of nitrogens with zero attached hydrogens (tertiary/aromatic N) is 2. The summed E-state index contributed by atoms with van der Waals surface area (Å²) < 4.78 is 39.5. The lowest BCUT2D eigenvalue weighted by Crippen LogP contribution is -2.45. The summed E-state index contributed by atoms with van der Waals surface area (Å²) in [7, 11) is 0. The SMILES string of the molecule is CCN1CCN(Cc2ccc(C(=O)Cl)cc2C(F)(F)F)CC1. The Morgan fingerprint density at radius 1 is 1.18 bits per heavy atom. The number of alkyl halides is 3. The smallest absolute Gasteiger partial charge is 0.301 e. The number of carbonyl (C=O) groups is 1. The number of hydrogen-bond donors (Lipinski definition) is 0. The van der Waals surface area contributed by atoms with Crippen LogP contribution in [0.3, 0.4) is 0 Å². The Kier molecular flexibility index (Phi) is 5.47. The highest BCUT2D eigenvalue weighted by Gasteiger charge is 2.34. The first-order chi connectivity index (χ1) is 10.3. The molecule has 0 N–H and O–H groups in total. The Hall–Kier alpha value is -1.11. The van der Waals surface area contributed by atoms with E-state index >= 15 is 0 Å². The lowest BCUT2D eigenvalue weighted by Gasteiger charge is -2.34. The number of rotatable bonds is 4. The number of likely N-dealkylation sites (N-methyl/N-ethyl adjacent to an activating group) is 1. The molecule has 1 aliphatic rings. The third kappa shape index (κ3) is 4.21. The third-order valence-electron chi connectivity index (χ3n) is 3.95. The average molecular weight is 335 g/mol. The van der Waals surface area contributed by atoms with E-state index in [2.05, 4.69) is 11.8 Å². The van der Waals surface area contributed by atoms with Crippen LogP contribution in [-0.4, -0.2) is 47.8 Å². The molecule has 0 atom stereocenters. The molecule has 0 amide bonds. The van der Waals surface area contributed by atoms with Crippen LogP contribution in [0, 0.1) is 0 Å². The van der Waals surface area contributed by atoms with E-state index in [0.29, 0.717) is 0 Å². The molecule has 1 aliphatic heterocycles. The number of halogens is 4. The van der Waals surface area contributed by atoms with Crippen LogP contribution < -0.4 is 0 Å². The first kappa shape index (κ1) is 17.2. The Balaban J connectivity index is 2.18. The zero-order chi connectivity index (χ0) is 16.3. The average Bonchev–Trinajstić information content (AvgIpc) is 2.47. The molecule has 0 saturated carbocycles. The van der Waals surface area contributed by atoms with Crippen LogP contribution in [0.5, 0.6) is 0 Å². The third-order valence-corrected chi connectivity index (χ3v) is 4.17. The van der Waals surface area contributed by atoms with Gasteiger partial charge in [0.1, 0.15) is 0 Å². The van der Waals surface area contributed by atoms with E-state index in [1.807, 2.05) is 4.90 Å². The number of hydrogen-bond acceptors (Lipinski definition) is 3. The molecule has 1 aromatic rings. The molecule has 0 spiro atoms. The molecule has 0 aromatic heterocycles. The van der Waals surface area contributed by atoms with Crippen molar-refractivity contribution in [3.05, 3.63) is 34.9 Å². The van der Waals surface area contributed by atoms with E-state index < -0.39 is 17.0 Å². The van der Waals surface area contributed by atoms with Crippen molar-refractivity contribution in [2.24, 2.45) is 0 Å². The summed E-state index contributed by atoms with van der Waals surface area (Å²) in [6.45, 7) is 6.44. The van der Waals surface area contributed by atoms with E-state index in [1.54, 1.807) is 0 Å². The van der Waals surface area contributed by atoms with E-state index in [4.69, 9.17) is 11.6 Å². The molecule has 2 rings (SSSR count). The van der Waals surface area contributed by atoms with Gasteiger partial charge in [-0.25, -0.2) is 0 Å². The summed E-state index contributed by atoms with van der Waals surface area (Å²) >= 11 is 5.28. The van der Waals surface area contributed by atoms with Crippen molar-refractivity contribution in [2.75, 3.05) is 32.7 Å². The van der Waals surface area contributed by atoms with Crippen molar-refractivity contribution in [1.82, 2.24) is 9.80 Å². The zero-order valence-electron chi connectivity index (χ0n) is 12.3. The van der Waals surface area contributed by atoms with Crippen LogP contribution in [0.4, 0.5) is 13.2 Å². The van der Waals surface area contributed by atoms with E-state index in [-0.39, 0.29) is 17.7 Å². The molecule has 0 radical (unpaired) electrons. The van der Waals surface area contributed by atoms with Crippen LogP contribution in [0.25, 0.3) is 0 Å². The van der Waals surface area contributed by atoms with Crippen molar-refractivity contribution in [3.63, 3.8) is 0 Å². The molecule has 22 heavy (non-hydrogen) atoms. The lowest BCUT2D eigenvalue weighted by molar-refractivity contribution is -0.138. The fourth-order valence-corrected chi connectivity index (χ4v) is 2.72. The second kappa shape index (κ2) is 6.98. The topological polar surface area (TPSA) is 23.6 Å². The number of carbonyl (C=O) groups excluding carboxylic acids is 1. The van der Waals surface area contributed by atoms with Crippen LogP contribution in [-0.2, 0) is 12.7 Å². The van der Waals surface area contributed by atoms with Crippen molar-refractivity contribution in [1.29, 1.82) is 0 Å². The maximum atomic E-state index is 13.2. The van der Waals surface area contributed by atoms with Crippen LogP contribution in [0.2, 0.25) is 0 Å². The van der Waals surface area contributed by atoms with Gasteiger partial charge in [-0.05, 0) is 35.8 Å². The maximum Gasteiger partial charge on any atom is 0.416 e. The molecule has 1 fully saturated rings.